The van der Waals surface area contributed by atoms with Crippen molar-refractivity contribution in [2.24, 2.45) is 0 Å². The van der Waals surface area contributed by atoms with Crippen molar-refractivity contribution >= 4 is 34.4 Å². The van der Waals surface area contributed by atoms with Crippen LogP contribution in [-0.2, 0) is 17.0 Å². The molecule has 2 aromatic carbocycles. The first-order valence-corrected chi connectivity index (χ1v) is 11.3. The van der Waals surface area contributed by atoms with Gasteiger partial charge >= 0.3 is 0 Å². The summed E-state index contributed by atoms with van der Waals surface area (Å²) in [5, 5.41) is 3.16. The lowest BCUT2D eigenvalue weighted by Crippen LogP contribution is -2.43. The van der Waals surface area contributed by atoms with E-state index < -0.39 is 11.9 Å². The molecule has 0 spiro atoms. The van der Waals surface area contributed by atoms with E-state index in [2.05, 4.69) is 5.32 Å². The van der Waals surface area contributed by atoms with Gasteiger partial charge in [0.15, 0.2) is 17.0 Å². The zero-order valence-electron chi connectivity index (χ0n) is 17.2. The van der Waals surface area contributed by atoms with Crippen LogP contribution >= 0.6 is 11.8 Å². The van der Waals surface area contributed by atoms with Crippen LogP contribution in [0.25, 0.3) is 11.0 Å². The molecule has 162 valence electrons. The van der Waals surface area contributed by atoms with Gasteiger partial charge in [-0.05, 0) is 36.2 Å². The van der Waals surface area contributed by atoms with E-state index in [0.717, 1.165) is 17.4 Å². The number of carbonyl (C=O) groups excluding carboxylic acids is 2. The Balaban J connectivity index is 1.50. The summed E-state index contributed by atoms with van der Waals surface area (Å²) >= 11 is 1.42. The minimum absolute atomic E-state index is 0.122. The number of amides is 1. The average molecular weight is 448 g/mol. The number of ketones is 1. The van der Waals surface area contributed by atoms with Gasteiger partial charge in [0, 0.05) is 6.07 Å². The summed E-state index contributed by atoms with van der Waals surface area (Å²) in [6, 6.07) is 20.2. The number of para-hydroxylation sites is 1. The summed E-state index contributed by atoms with van der Waals surface area (Å²) in [6.07, 6.45) is 1.93. The van der Waals surface area contributed by atoms with Crippen molar-refractivity contribution in [3.63, 3.8) is 0 Å². The van der Waals surface area contributed by atoms with E-state index in [1.807, 2.05) is 36.4 Å². The third-order valence-electron chi connectivity index (χ3n) is 4.90. The molecule has 2 aromatic heterocycles. The molecule has 0 saturated heterocycles. The Morgan fingerprint density at radius 1 is 0.969 bits per heavy atom. The second-order valence-electron chi connectivity index (χ2n) is 7.23. The van der Waals surface area contributed by atoms with Crippen LogP contribution in [0.5, 0.6) is 0 Å². The van der Waals surface area contributed by atoms with Crippen LogP contribution in [0, 0.1) is 0 Å². The Morgan fingerprint density at radius 2 is 1.75 bits per heavy atom. The summed E-state index contributed by atoms with van der Waals surface area (Å²) in [7, 11) is 0. The molecule has 4 rings (SSSR count). The fraction of sp³-hybridized carbons (Fsp3) is 0.160. The number of furan rings is 1. The third-order valence-corrected chi connectivity index (χ3v) is 5.88. The maximum absolute atomic E-state index is 13.0. The Labute approximate surface area is 188 Å². The van der Waals surface area contributed by atoms with Crippen LogP contribution in [-0.4, -0.2) is 23.5 Å². The van der Waals surface area contributed by atoms with Crippen molar-refractivity contribution in [3.05, 3.63) is 106 Å². The molecule has 2 heterocycles. The Bertz CT molecular complexity index is 1260. The molecule has 0 aliphatic heterocycles. The van der Waals surface area contributed by atoms with Crippen LogP contribution < -0.4 is 10.7 Å². The van der Waals surface area contributed by atoms with Gasteiger partial charge in [0.2, 0.25) is 0 Å². The van der Waals surface area contributed by atoms with Gasteiger partial charge < -0.3 is 14.2 Å². The SMILES string of the molecule is O=C(NC(Cc1ccccc1)C(=O)CSCc1ccco1)c1cc(=O)c2ccccc2o1. The summed E-state index contributed by atoms with van der Waals surface area (Å²) in [6.45, 7) is 0. The lowest BCUT2D eigenvalue weighted by Gasteiger charge is -2.17. The molecule has 1 amide bonds. The minimum atomic E-state index is -0.759. The van der Waals surface area contributed by atoms with Crippen molar-refractivity contribution < 1.29 is 18.4 Å². The number of fused-ring (bicyclic) bond motifs is 1. The molecule has 4 aromatic rings. The largest absolute Gasteiger partial charge is 0.468 e. The number of nitrogens with one attached hydrogen (secondary N) is 1. The highest BCUT2D eigenvalue weighted by atomic mass is 32.2. The Hall–Kier alpha value is -3.58. The highest BCUT2D eigenvalue weighted by molar-refractivity contribution is 7.99. The van der Waals surface area contributed by atoms with Gasteiger partial charge in [0.25, 0.3) is 5.91 Å². The second-order valence-corrected chi connectivity index (χ2v) is 8.21. The zero-order chi connectivity index (χ0) is 22.3. The molecule has 6 nitrogen and oxygen atoms in total. The third kappa shape index (κ3) is 5.36. The number of hydrogen-bond acceptors (Lipinski definition) is 6. The predicted molar refractivity (Wildman–Crippen MR) is 124 cm³/mol. The lowest BCUT2D eigenvalue weighted by molar-refractivity contribution is -0.118. The number of carbonyl (C=O) groups is 2. The maximum Gasteiger partial charge on any atom is 0.287 e. The summed E-state index contributed by atoms with van der Waals surface area (Å²) in [5.41, 5.74) is 0.934. The van der Waals surface area contributed by atoms with Crippen LogP contribution in [0.15, 0.2) is 92.7 Å². The maximum atomic E-state index is 13.0. The van der Waals surface area contributed by atoms with E-state index in [1.165, 1.54) is 11.8 Å². The highest BCUT2D eigenvalue weighted by Gasteiger charge is 2.23. The molecule has 0 saturated carbocycles. The van der Waals surface area contributed by atoms with E-state index >= 15 is 0 Å². The van der Waals surface area contributed by atoms with Gasteiger partial charge in [-0.15, -0.1) is 11.8 Å². The molecule has 1 N–H and O–H groups in total. The normalized spacial score (nSPS) is 11.9. The molecular formula is C25H21NO5S. The first-order chi connectivity index (χ1) is 15.6. The van der Waals surface area contributed by atoms with Crippen molar-refractivity contribution in [1.29, 1.82) is 0 Å². The topological polar surface area (TPSA) is 89.5 Å². The molecule has 0 radical (unpaired) electrons. The van der Waals surface area contributed by atoms with Crippen LogP contribution in [0.2, 0.25) is 0 Å². The van der Waals surface area contributed by atoms with E-state index in [0.29, 0.717) is 23.1 Å². The number of benzene rings is 2. The molecule has 0 aliphatic carbocycles. The molecule has 0 aliphatic rings. The van der Waals surface area contributed by atoms with Gasteiger partial charge in [0.05, 0.1) is 29.2 Å². The Morgan fingerprint density at radius 3 is 2.53 bits per heavy atom. The van der Waals surface area contributed by atoms with Crippen molar-refractivity contribution in [2.75, 3.05) is 5.75 Å². The summed E-state index contributed by atoms with van der Waals surface area (Å²) in [5.74, 6) is 0.706. The standard InChI is InChI=1S/C25H21NO5S/c27-21-14-24(31-23-11-5-4-10-19(21)23)25(29)26-20(13-17-7-2-1-3-8-17)22(28)16-32-15-18-9-6-12-30-18/h1-12,14,20H,13,15-16H2,(H,26,29). The van der Waals surface area contributed by atoms with Gasteiger partial charge in [-0.3, -0.25) is 14.4 Å². The predicted octanol–water partition coefficient (Wildman–Crippen LogP) is 4.23. The number of rotatable bonds is 9. The monoisotopic (exact) mass is 447 g/mol. The van der Waals surface area contributed by atoms with Gasteiger partial charge in [-0.1, -0.05) is 42.5 Å². The van der Waals surface area contributed by atoms with Gasteiger partial charge in [0.1, 0.15) is 11.3 Å². The summed E-state index contributed by atoms with van der Waals surface area (Å²) < 4.78 is 10.9. The molecule has 32 heavy (non-hydrogen) atoms. The summed E-state index contributed by atoms with van der Waals surface area (Å²) in [4.78, 5) is 38.2. The fourth-order valence-corrected chi connectivity index (χ4v) is 4.16. The number of Topliss-reactive ketones (excluding diaryl/α,β-unsaturated/α-hetero) is 1. The average Bonchev–Trinajstić information content (AvgIpc) is 3.33. The van der Waals surface area contributed by atoms with E-state index in [-0.39, 0.29) is 22.7 Å². The minimum Gasteiger partial charge on any atom is -0.468 e. The van der Waals surface area contributed by atoms with E-state index in [4.69, 9.17) is 8.83 Å². The molecule has 1 unspecified atom stereocenters. The molecule has 0 fully saturated rings. The van der Waals surface area contributed by atoms with Crippen LogP contribution in [0.4, 0.5) is 0 Å². The van der Waals surface area contributed by atoms with E-state index in [9.17, 15) is 14.4 Å². The first-order valence-electron chi connectivity index (χ1n) is 10.1. The van der Waals surface area contributed by atoms with Gasteiger partial charge in [-0.25, -0.2) is 0 Å². The number of hydrogen-bond donors (Lipinski definition) is 1. The molecule has 0 bridgehead atoms. The molecular weight excluding hydrogens is 426 g/mol. The van der Waals surface area contributed by atoms with Crippen molar-refractivity contribution in [2.45, 2.75) is 18.2 Å². The Kier molecular flexibility index (Phi) is 6.87. The van der Waals surface area contributed by atoms with Gasteiger partial charge in [-0.2, -0.15) is 0 Å². The van der Waals surface area contributed by atoms with E-state index in [1.54, 1.807) is 36.6 Å². The second kappa shape index (κ2) is 10.2. The molecule has 1 atom stereocenters. The smallest absolute Gasteiger partial charge is 0.287 e. The molecule has 7 heteroatoms. The van der Waals surface area contributed by atoms with Crippen molar-refractivity contribution in [3.8, 4) is 0 Å². The lowest BCUT2D eigenvalue weighted by atomic mass is 10.0. The van der Waals surface area contributed by atoms with Crippen molar-refractivity contribution in [1.82, 2.24) is 5.32 Å². The quantitative estimate of drug-likeness (QED) is 0.413. The fourth-order valence-electron chi connectivity index (χ4n) is 3.29. The zero-order valence-corrected chi connectivity index (χ0v) is 18.0. The van der Waals surface area contributed by atoms with Crippen LogP contribution in [0.1, 0.15) is 21.9 Å². The number of thioether (sulfide) groups is 1. The van der Waals surface area contributed by atoms with Crippen LogP contribution in [0.3, 0.4) is 0 Å². The first kappa shape index (κ1) is 21.6. The highest BCUT2D eigenvalue weighted by Crippen LogP contribution is 2.15.